The molecule has 0 saturated carbocycles. The molecule has 0 amide bonds. The van der Waals surface area contributed by atoms with Gasteiger partial charge in [-0.2, -0.15) is 0 Å². The van der Waals surface area contributed by atoms with Crippen LogP contribution in [-0.4, -0.2) is 22.5 Å². The van der Waals surface area contributed by atoms with E-state index in [1.54, 1.807) is 24.3 Å². The summed E-state index contributed by atoms with van der Waals surface area (Å²) in [6.45, 7) is 7.85. The second-order valence-corrected chi connectivity index (χ2v) is 8.13. The maximum absolute atomic E-state index is 12.5. The van der Waals surface area contributed by atoms with Gasteiger partial charge in [-0.25, -0.2) is 9.78 Å². The Morgan fingerprint density at radius 2 is 2.04 bits per heavy atom. The molecule has 0 unspecified atom stereocenters. The van der Waals surface area contributed by atoms with Crippen LogP contribution in [0.2, 0.25) is 0 Å². The number of fused-ring (bicyclic) bond motifs is 1. The van der Waals surface area contributed by atoms with Crippen LogP contribution in [-0.2, 0) is 9.53 Å². The van der Waals surface area contributed by atoms with Crippen molar-refractivity contribution in [2.45, 2.75) is 27.7 Å². The Hall–Kier alpha value is -2.25. The number of nitrogens with zero attached hydrogens (tertiary/aromatic N) is 1. The first-order valence-electron chi connectivity index (χ1n) is 7.86. The molecule has 0 radical (unpaired) electrons. The molecule has 0 aliphatic rings. The molecule has 3 rings (SSSR count). The molecule has 3 heterocycles. The van der Waals surface area contributed by atoms with Crippen molar-refractivity contribution in [2.75, 3.05) is 6.61 Å². The number of hydrogen-bond donors (Lipinski definition) is 1. The quantitative estimate of drug-likeness (QED) is 0.552. The molecule has 1 N–H and O–H groups in total. The van der Waals surface area contributed by atoms with Crippen LogP contribution in [0.3, 0.4) is 0 Å². The van der Waals surface area contributed by atoms with Gasteiger partial charge in [0.2, 0.25) is 0 Å². The fourth-order valence-corrected chi connectivity index (χ4v) is 4.34. The largest absolute Gasteiger partial charge is 0.462 e. The molecule has 0 saturated heterocycles. The third-order valence-electron chi connectivity index (χ3n) is 3.84. The number of rotatable bonds is 4. The van der Waals surface area contributed by atoms with Gasteiger partial charge in [-0.15, -0.1) is 22.7 Å². The van der Waals surface area contributed by atoms with Crippen LogP contribution in [0.25, 0.3) is 21.9 Å². The predicted octanol–water partition coefficient (Wildman–Crippen LogP) is 4.08. The summed E-state index contributed by atoms with van der Waals surface area (Å²) in [4.78, 5) is 35.9. The number of esters is 1. The first kappa shape index (κ1) is 17.6. The topological polar surface area (TPSA) is 72.0 Å². The van der Waals surface area contributed by atoms with Gasteiger partial charge in [0.25, 0.3) is 5.56 Å². The summed E-state index contributed by atoms with van der Waals surface area (Å²) in [6, 6.07) is 3.90. The van der Waals surface area contributed by atoms with E-state index in [2.05, 4.69) is 9.97 Å². The van der Waals surface area contributed by atoms with E-state index in [9.17, 15) is 9.59 Å². The highest BCUT2D eigenvalue weighted by Crippen LogP contribution is 2.28. The molecule has 3 aromatic rings. The van der Waals surface area contributed by atoms with Gasteiger partial charge < -0.3 is 9.72 Å². The van der Waals surface area contributed by atoms with Crippen molar-refractivity contribution in [1.29, 1.82) is 0 Å². The minimum atomic E-state index is -0.499. The van der Waals surface area contributed by atoms with E-state index < -0.39 is 5.97 Å². The summed E-state index contributed by atoms with van der Waals surface area (Å²) in [7, 11) is 0. The molecule has 0 fully saturated rings. The third kappa shape index (κ3) is 3.43. The molecule has 0 aromatic carbocycles. The number of aromatic amines is 1. The van der Waals surface area contributed by atoms with Crippen molar-refractivity contribution in [1.82, 2.24) is 9.97 Å². The minimum absolute atomic E-state index is 0.237. The summed E-state index contributed by atoms with van der Waals surface area (Å²) < 4.78 is 5.16. The van der Waals surface area contributed by atoms with Crippen molar-refractivity contribution in [2.24, 2.45) is 0 Å². The summed E-state index contributed by atoms with van der Waals surface area (Å²) in [5.41, 5.74) is 0.946. The van der Waals surface area contributed by atoms with E-state index >= 15 is 0 Å². The first-order valence-corrected chi connectivity index (χ1v) is 9.49. The zero-order valence-corrected chi connectivity index (χ0v) is 16.1. The highest BCUT2D eigenvalue weighted by Gasteiger charge is 2.19. The fourth-order valence-electron chi connectivity index (χ4n) is 2.49. The average Bonchev–Trinajstić information content (AvgIpc) is 3.08. The monoisotopic (exact) mass is 374 g/mol. The van der Waals surface area contributed by atoms with E-state index in [4.69, 9.17) is 4.74 Å². The lowest BCUT2D eigenvalue weighted by atomic mass is 10.2. The lowest BCUT2D eigenvalue weighted by Gasteiger charge is -2.06. The maximum Gasteiger partial charge on any atom is 0.341 e. The van der Waals surface area contributed by atoms with Crippen molar-refractivity contribution < 1.29 is 9.53 Å². The highest BCUT2D eigenvalue weighted by atomic mass is 32.1. The van der Waals surface area contributed by atoms with Crippen LogP contribution in [0, 0.1) is 20.8 Å². The number of nitrogens with one attached hydrogen (secondary N) is 1. The standard InChI is InChI=1S/C18H18N2O3S2/c1-5-23-18(22)13(8-12-7-6-9(2)24-12)15-19-16(21)14-10(3)11(4)25-17(14)20-15/h6-8H,5H2,1-4H3,(H,19,20,21). The summed E-state index contributed by atoms with van der Waals surface area (Å²) in [5.74, 6) is -0.260. The Labute approximate surface area is 153 Å². The smallest absolute Gasteiger partial charge is 0.341 e. The van der Waals surface area contributed by atoms with Gasteiger partial charge in [-0.3, -0.25) is 4.79 Å². The summed E-state index contributed by atoms with van der Waals surface area (Å²) in [6.07, 6.45) is 1.72. The Bertz CT molecular complexity index is 1040. The zero-order valence-electron chi connectivity index (χ0n) is 14.4. The van der Waals surface area contributed by atoms with Crippen LogP contribution in [0.5, 0.6) is 0 Å². The highest BCUT2D eigenvalue weighted by molar-refractivity contribution is 7.18. The van der Waals surface area contributed by atoms with Crippen LogP contribution >= 0.6 is 22.7 Å². The minimum Gasteiger partial charge on any atom is -0.462 e. The normalized spacial score (nSPS) is 11.9. The number of aromatic nitrogens is 2. The third-order valence-corrected chi connectivity index (χ3v) is 5.89. The second kappa shape index (κ2) is 6.93. The molecule has 130 valence electrons. The van der Waals surface area contributed by atoms with Gasteiger partial charge in [-0.1, -0.05) is 0 Å². The van der Waals surface area contributed by atoms with E-state index in [-0.39, 0.29) is 23.6 Å². The van der Waals surface area contributed by atoms with E-state index in [0.29, 0.717) is 10.2 Å². The number of hydrogen-bond acceptors (Lipinski definition) is 6. The van der Waals surface area contributed by atoms with Crippen molar-refractivity contribution >= 4 is 50.5 Å². The van der Waals surface area contributed by atoms with Crippen molar-refractivity contribution in [3.05, 3.63) is 48.5 Å². The molecule has 0 bridgehead atoms. The number of H-pyrrole nitrogens is 1. The Kier molecular flexibility index (Phi) is 4.87. The molecular formula is C18H18N2O3S2. The van der Waals surface area contributed by atoms with Gasteiger partial charge in [0.05, 0.1) is 12.0 Å². The van der Waals surface area contributed by atoms with Crippen LogP contribution in [0.4, 0.5) is 0 Å². The lowest BCUT2D eigenvalue weighted by molar-refractivity contribution is -0.136. The molecule has 5 nitrogen and oxygen atoms in total. The van der Waals surface area contributed by atoms with Crippen LogP contribution < -0.4 is 5.56 Å². The van der Waals surface area contributed by atoms with Gasteiger partial charge in [-0.05, 0) is 51.5 Å². The molecular weight excluding hydrogens is 356 g/mol. The maximum atomic E-state index is 12.5. The number of aryl methyl sites for hydroxylation is 3. The molecule has 7 heteroatoms. The van der Waals surface area contributed by atoms with E-state index in [1.807, 2.05) is 32.9 Å². The molecule has 0 atom stereocenters. The SMILES string of the molecule is CCOC(=O)C(=Cc1ccc(C)s1)c1nc2sc(C)c(C)c2c(=O)[nH]1. The average molecular weight is 374 g/mol. The Morgan fingerprint density at radius 3 is 2.68 bits per heavy atom. The van der Waals surface area contributed by atoms with Gasteiger partial charge in [0.15, 0.2) is 0 Å². The van der Waals surface area contributed by atoms with Gasteiger partial charge >= 0.3 is 5.97 Å². The number of carbonyl (C=O) groups excluding carboxylic acids is 1. The van der Waals surface area contributed by atoms with Crippen LogP contribution in [0.1, 0.15) is 32.9 Å². The summed E-state index contributed by atoms with van der Waals surface area (Å²) in [5, 5.41) is 0.585. The molecule has 3 aromatic heterocycles. The Morgan fingerprint density at radius 1 is 1.28 bits per heavy atom. The van der Waals surface area contributed by atoms with Crippen molar-refractivity contribution in [3.63, 3.8) is 0 Å². The van der Waals surface area contributed by atoms with Crippen LogP contribution in [0.15, 0.2) is 16.9 Å². The zero-order chi connectivity index (χ0) is 18.1. The fraction of sp³-hybridized carbons (Fsp3) is 0.278. The van der Waals surface area contributed by atoms with E-state index in [0.717, 1.165) is 20.2 Å². The lowest BCUT2D eigenvalue weighted by Crippen LogP contribution is -2.15. The summed E-state index contributed by atoms with van der Waals surface area (Å²) >= 11 is 3.01. The predicted molar refractivity (Wildman–Crippen MR) is 103 cm³/mol. The molecule has 25 heavy (non-hydrogen) atoms. The first-order chi connectivity index (χ1) is 11.9. The molecule has 0 aliphatic carbocycles. The number of carbonyl (C=O) groups is 1. The number of thiophene rings is 2. The van der Waals surface area contributed by atoms with Gasteiger partial charge in [0.1, 0.15) is 16.2 Å². The van der Waals surface area contributed by atoms with Crippen molar-refractivity contribution in [3.8, 4) is 0 Å². The number of ether oxygens (including phenoxy) is 1. The molecule has 0 aliphatic heterocycles. The van der Waals surface area contributed by atoms with Gasteiger partial charge in [0, 0.05) is 14.6 Å². The molecule has 0 spiro atoms. The van der Waals surface area contributed by atoms with E-state index in [1.165, 1.54) is 11.3 Å². The Balaban J connectivity index is 2.19. The second-order valence-electron chi connectivity index (χ2n) is 5.60.